The first-order chi connectivity index (χ1) is 9.58. The van der Waals surface area contributed by atoms with Gasteiger partial charge in [-0.2, -0.15) is 0 Å². The molecule has 1 aliphatic carbocycles. The summed E-state index contributed by atoms with van der Waals surface area (Å²) in [4.78, 5) is 2.61. The second kappa shape index (κ2) is 7.24. The summed E-state index contributed by atoms with van der Waals surface area (Å²) in [6.45, 7) is 10.2. The SMILES string of the molecule is CCCN(CCC(N)c1cc(C)cc(C)c1)CC1CC1. The van der Waals surface area contributed by atoms with Gasteiger partial charge >= 0.3 is 0 Å². The van der Waals surface area contributed by atoms with Crippen LogP contribution < -0.4 is 5.73 Å². The fourth-order valence-electron chi connectivity index (χ4n) is 2.99. The molecule has 0 saturated heterocycles. The quantitative estimate of drug-likeness (QED) is 0.781. The predicted molar refractivity (Wildman–Crippen MR) is 86.9 cm³/mol. The number of nitrogens with two attached hydrogens (primary N) is 1. The zero-order valence-corrected chi connectivity index (χ0v) is 13.4. The Bertz CT molecular complexity index is 403. The second-order valence-electron chi connectivity index (χ2n) is 6.56. The first-order valence-corrected chi connectivity index (χ1v) is 8.14. The van der Waals surface area contributed by atoms with Gasteiger partial charge in [-0.05, 0) is 64.1 Å². The molecule has 1 atom stereocenters. The lowest BCUT2D eigenvalue weighted by Crippen LogP contribution is -2.30. The fraction of sp³-hybridized carbons (Fsp3) is 0.667. The summed E-state index contributed by atoms with van der Waals surface area (Å²) in [5.74, 6) is 0.971. The van der Waals surface area contributed by atoms with Crippen LogP contribution in [-0.2, 0) is 0 Å². The number of aryl methyl sites for hydroxylation is 2. The van der Waals surface area contributed by atoms with E-state index in [1.807, 2.05) is 0 Å². The molecule has 0 heterocycles. The third-order valence-corrected chi connectivity index (χ3v) is 4.18. The van der Waals surface area contributed by atoms with E-state index >= 15 is 0 Å². The standard InChI is InChI=1S/C18H30N2/c1-4-8-20(13-16-5-6-16)9-7-18(19)17-11-14(2)10-15(3)12-17/h10-12,16,18H,4-9,13,19H2,1-3H3. The third-order valence-electron chi connectivity index (χ3n) is 4.18. The second-order valence-corrected chi connectivity index (χ2v) is 6.56. The monoisotopic (exact) mass is 274 g/mol. The van der Waals surface area contributed by atoms with E-state index in [9.17, 15) is 0 Å². The Morgan fingerprint density at radius 3 is 2.35 bits per heavy atom. The lowest BCUT2D eigenvalue weighted by molar-refractivity contribution is 0.253. The molecule has 0 aliphatic heterocycles. The van der Waals surface area contributed by atoms with E-state index < -0.39 is 0 Å². The summed E-state index contributed by atoms with van der Waals surface area (Å²) in [6.07, 6.45) is 5.17. The van der Waals surface area contributed by atoms with E-state index in [2.05, 4.69) is 43.9 Å². The summed E-state index contributed by atoms with van der Waals surface area (Å²) in [5.41, 5.74) is 10.3. The molecule has 0 spiro atoms. The lowest BCUT2D eigenvalue weighted by atomic mass is 9.99. The van der Waals surface area contributed by atoms with Crippen LogP contribution in [0.5, 0.6) is 0 Å². The van der Waals surface area contributed by atoms with Crippen LogP contribution in [0.1, 0.15) is 55.3 Å². The zero-order valence-electron chi connectivity index (χ0n) is 13.4. The molecule has 1 aliphatic rings. The van der Waals surface area contributed by atoms with Crippen LogP contribution >= 0.6 is 0 Å². The molecular weight excluding hydrogens is 244 g/mol. The first-order valence-electron chi connectivity index (χ1n) is 8.14. The number of rotatable bonds is 8. The van der Waals surface area contributed by atoms with Gasteiger partial charge in [-0.1, -0.05) is 36.2 Å². The molecule has 20 heavy (non-hydrogen) atoms. The average molecular weight is 274 g/mol. The van der Waals surface area contributed by atoms with Crippen molar-refractivity contribution >= 4 is 0 Å². The summed E-state index contributed by atoms with van der Waals surface area (Å²) < 4.78 is 0. The highest BCUT2D eigenvalue weighted by atomic mass is 15.1. The maximum absolute atomic E-state index is 6.40. The highest BCUT2D eigenvalue weighted by molar-refractivity contribution is 5.30. The summed E-state index contributed by atoms with van der Waals surface area (Å²) in [7, 11) is 0. The maximum Gasteiger partial charge on any atom is 0.0307 e. The van der Waals surface area contributed by atoms with Crippen LogP contribution in [0.25, 0.3) is 0 Å². The van der Waals surface area contributed by atoms with Crippen molar-refractivity contribution in [2.45, 2.75) is 52.5 Å². The summed E-state index contributed by atoms with van der Waals surface area (Å²) in [6, 6.07) is 6.87. The number of hydrogen-bond donors (Lipinski definition) is 1. The Balaban J connectivity index is 1.86. The van der Waals surface area contributed by atoms with Crippen molar-refractivity contribution in [1.82, 2.24) is 4.90 Å². The van der Waals surface area contributed by atoms with Crippen LogP contribution in [-0.4, -0.2) is 24.5 Å². The summed E-state index contributed by atoms with van der Waals surface area (Å²) >= 11 is 0. The number of hydrogen-bond acceptors (Lipinski definition) is 2. The first kappa shape index (κ1) is 15.5. The summed E-state index contributed by atoms with van der Waals surface area (Å²) in [5, 5.41) is 0. The number of benzene rings is 1. The fourth-order valence-corrected chi connectivity index (χ4v) is 2.99. The van der Waals surface area contributed by atoms with Crippen molar-refractivity contribution in [2.75, 3.05) is 19.6 Å². The van der Waals surface area contributed by atoms with Crippen LogP contribution in [0.15, 0.2) is 18.2 Å². The van der Waals surface area contributed by atoms with Crippen molar-refractivity contribution in [3.8, 4) is 0 Å². The molecule has 112 valence electrons. The van der Waals surface area contributed by atoms with Gasteiger partial charge in [-0.3, -0.25) is 0 Å². The topological polar surface area (TPSA) is 29.3 Å². The molecule has 2 nitrogen and oxygen atoms in total. The molecule has 1 fully saturated rings. The minimum atomic E-state index is 0.173. The Labute approximate surface area is 124 Å². The van der Waals surface area contributed by atoms with Gasteiger partial charge in [0.05, 0.1) is 0 Å². The molecule has 2 rings (SSSR count). The molecule has 1 aromatic rings. The van der Waals surface area contributed by atoms with E-state index in [1.54, 1.807) is 0 Å². The van der Waals surface area contributed by atoms with E-state index in [4.69, 9.17) is 5.73 Å². The van der Waals surface area contributed by atoms with Gasteiger partial charge in [0.15, 0.2) is 0 Å². The van der Waals surface area contributed by atoms with Crippen LogP contribution in [0.4, 0.5) is 0 Å². The Hall–Kier alpha value is -0.860. The molecule has 0 radical (unpaired) electrons. The van der Waals surface area contributed by atoms with Crippen molar-refractivity contribution in [2.24, 2.45) is 11.7 Å². The van der Waals surface area contributed by atoms with E-state index in [-0.39, 0.29) is 6.04 Å². The predicted octanol–water partition coefficient (Wildman–Crippen LogP) is 3.82. The van der Waals surface area contributed by atoms with Crippen molar-refractivity contribution in [3.63, 3.8) is 0 Å². The smallest absolute Gasteiger partial charge is 0.0307 e. The molecule has 2 N–H and O–H groups in total. The van der Waals surface area contributed by atoms with Crippen molar-refractivity contribution in [3.05, 3.63) is 34.9 Å². The molecule has 0 amide bonds. The molecule has 2 heteroatoms. The number of nitrogens with zero attached hydrogens (tertiary/aromatic N) is 1. The third kappa shape index (κ3) is 4.92. The Kier molecular flexibility index (Phi) is 5.62. The molecule has 1 unspecified atom stereocenters. The zero-order chi connectivity index (χ0) is 14.5. The van der Waals surface area contributed by atoms with E-state index in [0.29, 0.717) is 0 Å². The van der Waals surface area contributed by atoms with Gasteiger partial charge in [-0.25, -0.2) is 0 Å². The van der Waals surface area contributed by atoms with Gasteiger partial charge in [0.1, 0.15) is 0 Å². The normalized spacial score (nSPS) is 16.6. The van der Waals surface area contributed by atoms with E-state index in [0.717, 1.165) is 18.9 Å². The minimum Gasteiger partial charge on any atom is -0.324 e. The van der Waals surface area contributed by atoms with Crippen LogP contribution in [0.2, 0.25) is 0 Å². The van der Waals surface area contributed by atoms with Crippen LogP contribution in [0.3, 0.4) is 0 Å². The molecular formula is C18H30N2. The highest BCUT2D eigenvalue weighted by Gasteiger charge is 2.24. The highest BCUT2D eigenvalue weighted by Crippen LogP contribution is 2.30. The van der Waals surface area contributed by atoms with Gasteiger partial charge < -0.3 is 10.6 Å². The molecule has 0 bridgehead atoms. The molecule has 1 saturated carbocycles. The van der Waals surface area contributed by atoms with Crippen molar-refractivity contribution in [1.29, 1.82) is 0 Å². The Morgan fingerprint density at radius 1 is 1.15 bits per heavy atom. The Morgan fingerprint density at radius 2 is 1.80 bits per heavy atom. The van der Waals surface area contributed by atoms with Crippen LogP contribution in [0, 0.1) is 19.8 Å². The van der Waals surface area contributed by atoms with Gasteiger partial charge in [0, 0.05) is 12.6 Å². The van der Waals surface area contributed by atoms with Crippen molar-refractivity contribution < 1.29 is 0 Å². The molecule has 1 aromatic carbocycles. The maximum atomic E-state index is 6.40. The molecule has 0 aromatic heterocycles. The van der Waals surface area contributed by atoms with Gasteiger partial charge in [0.25, 0.3) is 0 Å². The van der Waals surface area contributed by atoms with E-state index in [1.165, 1.54) is 49.0 Å². The van der Waals surface area contributed by atoms with Gasteiger partial charge in [-0.15, -0.1) is 0 Å². The average Bonchev–Trinajstić information content (AvgIpc) is 3.18. The van der Waals surface area contributed by atoms with Gasteiger partial charge in [0.2, 0.25) is 0 Å². The minimum absolute atomic E-state index is 0.173. The largest absolute Gasteiger partial charge is 0.324 e. The lowest BCUT2D eigenvalue weighted by Gasteiger charge is -2.23.